The Kier molecular flexibility index (Phi) is 6.26. The molecule has 158 valence electrons. The number of nitro groups is 1. The van der Waals surface area contributed by atoms with E-state index < -0.39 is 17.0 Å². The number of esters is 1. The molecule has 6 heteroatoms. The molecule has 6 nitrogen and oxygen atoms in total. The van der Waals surface area contributed by atoms with Crippen molar-refractivity contribution >= 4 is 17.3 Å². The Balaban J connectivity index is 1.63. The highest BCUT2D eigenvalue weighted by atomic mass is 16.6. The molecule has 0 radical (unpaired) electrons. The Bertz CT molecular complexity index is 1010. The van der Waals surface area contributed by atoms with Crippen molar-refractivity contribution < 1.29 is 14.5 Å². The summed E-state index contributed by atoms with van der Waals surface area (Å²) in [6.07, 6.45) is 2.55. The predicted octanol–water partition coefficient (Wildman–Crippen LogP) is 5.53. The van der Waals surface area contributed by atoms with Crippen molar-refractivity contribution in [3.8, 4) is 0 Å². The number of hydrogen-bond donors (Lipinski definition) is 0. The van der Waals surface area contributed by atoms with Gasteiger partial charge in [0.1, 0.15) is 5.69 Å². The van der Waals surface area contributed by atoms with Crippen LogP contribution in [0.3, 0.4) is 0 Å². The van der Waals surface area contributed by atoms with Crippen LogP contribution in [-0.2, 0) is 4.74 Å². The lowest BCUT2D eigenvalue weighted by molar-refractivity contribution is -0.384. The SMILES string of the molecule is O=C(OC(c1ccccc1)c1ccccc1)c1ccc(N2CCCCC2)c([N+](=O)[O-])c1. The molecule has 0 N–H and O–H groups in total. The zero-order valence-electron chi connectivity index (χ0n) is 17.1. The third kappa shape index (κ3) is 4.74. The maximum Gasteiger partial charge on any atom is 0.339 e. The summed E-state index contributed by atoms with van der Waals surface area (Å²) in [4.78, 5) is 26.3. The fourth-order valence-corrected chi connectivity index (χ4v) is 3.96. The number of ether oxygens (including phenoxy) is 1. The van der Waals surface area contributed by atoms with E-state index in [1.54, 1.807) is 12.1 Å². The molecule has 0 aliphatic carbocycles. The van der Waals surface area contributed by atoms with Gasteiger partial charge in [0.25, 0.3) is 5.69 Å². The largest absolute Gasteiger partial charge is 0.449 e. The number of carbonyl (C=O) groups excluding carboxylic acids is 1. The van der Waals surface area contributed by atoms with Gasteiger partial charge in [-0.2, -0.15) is 0 Å². The minimum atomic E-state index is -0.601. The van der Waals surface area contributed by atoms with Gasteiger partial charge < -0.3 is 9.64 Å². The summed E-state index contributed by atoms with van der Waals surface area (Å²) in [7, 11) is 0. The minimum Gasteiger partial charge on any atom is -0.449 e. The van der Waals surface area contributed by atoms with Crippen LogP contribution in [0.5, 0.6) is 0 Å². The van der Waals surface area contributed by atoms with Gasteiger partial charge >= 0.3 is 5.97 Å². The third-order valence-corrected chi connectivity index (χ3v) is 5.53. The lowest BCUT2D eigenvalue weighted by atomic mass is 10.0. The van der Waals surface area contributed by atoms with E-state index in [-0.39, 0.29) is 11.3 Å². The molecular weight excluding hydrogens is 392 g/mol. The molecule has 1 heterocycles. The maximum atomic E-state index is 13.0. The molecule has 1 aliphatic rings. The molecule has 0 spiro atoms. The molecule has 0 atom stereocenters. The van der Waals surface area contributed by atoms with Crippen molar-refractivity contribution in [1.29, 1.82) is 0 Å². The lowest BCUT2D eigenvalue weighted by Gasteiger charge is -2.28. The average molecular weight is 416 g/mol. The Morgan fingerprint density at radius 1 is 0.871 bits per heavy atom. The van der Waals surface area contributed by atoms with Crippen LogP contribution < -0.4 is 4.90 Å². The summed E-state index contributed by atoms with van der Waals surface area (Å²) in [5, 5.41) is 11.7. The van der Waals surface area contributed by atoms with Crippen molar-refractivity contribution in [2.24, 2.45) is 0 Å². The third-order valence-electron chi connectivity index (χ3n) is 5.53. The number of hydrogen-bond acceptors (Lipinski definition) is 5. The normalized spacial score (nSPS) is 13.8. The highest BCUT2D eigenvalue weighted by molar-refractivity contribution is 5.91. The fraction of sp³-hybridized carbons (Fsp3) is 0.240. The smallest absolute Gasteiger partial charge is 0.339 e. The van der Waals surface area contributed by atoms with Crippen molar-refractivity contribution in [3.63, 3.8) is 0 Å². The topological polar surface area (TPSA) is 72.7 Å². The Morgan fingerprint density at radius 3 is 2.00 bits per heavy atom. The van der Waals surface area contributed by atoms with Crippen LogP contribution in [0.4, 0.5) is 11.4 Å². The molecular formula is C25H24N2O4. The van der Waals surface area contributed by atoms with Gasteiger partial charge in [-0.05, 0) is 42.5 Å². The molecule has 1 saturated heterocycles. The number of benzene rings is 3. The molecule has 0 bridgehead atoms. The van der Waals surface area contributed by atoms with Crippen LogP contribution in [0.1, 0.15) is 46.9 Å². The predicted molar refractivity (Wildman–Crippen MR) is 119 cm³/mol. The van der Waals surface area contributed by atoms with E-state index in [2.05, 4.69) is 0 Å². The van der Waals surface area contributed by atoms with E-state index in [9.17, 15) is 14.9 Å². The van der Waals surface area contributed by atoms with Gasteiger partial charge in [-0.25, -0.2) is 4.79 Å². The van der Waals surface area contributed by atoms with E-state index in [0.717, 1.165) is 43.5 Å². The summed E-state index contributed by atoms with van der Waals surface area (Å²) in [5.74, 6) is -0.592. The van der Waals surface area contributed by atoms with Crippen molar-refractivity contribution in [2.45, 2.75) is 25.4 Å². The molecule has 0 saturated carbocycles. The van der Waals surface area contributed by atoms with Crippen molar-refractivity contribution in [1.82, 2.24) is 0 Å². The second kappa shape index (κ2) is 9.43. The lowest BCUT2D eigenvalue weighted by Crippen LogP contribution is -2.30. The van der Waals surface area contributed by atoms with Crippen LogP contribution in [0.2, 0.25) is 0 Å². The van der Waals surface area contributed by atoms with Gasteiger partial charge in [-0.1, -0.05) is 60.7 Å². The molecule has 1 fully saturated rings. The number of anilines is 1. The molecule has 0 amide bonds. The summed E-state index contributed by atoms with van der Waals surface area (Å²) in [6, 6.07) is 23.5. The standard InChI is InChI=1S/C25H24N2O4/c28-25(31-24(19-10-4-1-5-11-19)20-12-6-2-7-13-20)21-14-15-22(23(18-21)27(29)30)26-16-8-3-9-17-26/h1-2,4-7,10-15,18,24H,3,8-9,16-17H2. The van der Waals surface area contributed by atoms with E-state index in [1.165, 1.54) is 6.07 Å². The molecule has 0 unspecified atom stereocenters. The minimum absolute atomic E-state index is 0.0627. The molecule has 3 aromatic rings. The Labute approximate surface area is 181 Å². The van der Waals surface area contributed by atoms with E-state index >= 15 is 0 Å². The summed E-state index contributed by atoms with van der Waals surface area (Å²) in [6.45, 7) is 1.57. The number of carbonyl (C=O) groups is 1. The number of rotatable bonds is 6. The molecule has 31 heavy (non-hydrogen) atoms. The van der Waals surface area contributed by atoms with Crippen LogP contribution >= 0.6 is 0 Å². The second-order valence-electron chi connectivity index (χ2n) is 7.62. The van der Waals surface area contributed by atoms with Gasteiger partial charge in [0.05, 0.1) is 10.5 Å². The van der Waals surface area contributed by atoms with Gasteiger partial charge in [0.15, 0.2) is 6.10 Å². The van der Waals surface area contributed by atoms with Gasteiger partial charge in [0.2, 0.25) is 0 Å². The van der Waals surface area contributed by atoms with Crippen molar-refractivity contribution in [3.05, 3.63) is 106 Å². The monoisotopic (exact) mass is 416 g/mol. The van der Waals surface area contributed by atoms with Crippen LogP contribution in [0.15, 0.2) is 78.9 Å². The molecule has 4 rings (SSSR count). The average Bonchev–Trinajstić information content (AvgIpc) is 2.83. The van der Waals surface area contributed by atoms with Gasteiger partial charge in [-0.3, -0.25) is 10.1 Å². The summed E-state index contributed by atoms with van der Waals surface area (Å²) >= 11 is 0. The molecule has 0 aromatic heterocycles. The first-order chi connectivity index (χ1) is 15.1. The van der Waals surface area contributed by atoms with Gasteiger partial charge in [-0.15, -0.1) is 0 Å². The first-order valence-electron chi connectivity index (χ1n) is 10.5. The number of nitrogens with zero attached hydrogens (tertiary/aromatic N) is 2. The maximum absolute atomic E-state index is 13.0. The van der Waals surface area contributed by atoms with Gasteiger partial charge in [0, 0.05) is 19.2 Å². The fourth-order valence-electron chi connectivity index (χ4n) is 3.96. The zero-order chi connectivity index (χ0) is 21.6. The Morgan fingerprint density at radius 2 is 1.45 bits per heavy atom. The first kappa shape index (κ1) is 20.6. The Hall–Kier alpha value is -3.67. The second-order valence-corrected chi connectivity index (χ2v) is 7.62. The van der Waals surface area contributed by atoms with Crippen LogP contribution in [0.25, 0.3) is 0 Å². The number of piperidine rings is 1. The molecule has 1 aliphatic heterocycles. The van der Waals surface area contributed by atoms with Crippen LogP contribution in [0, 0.1) is 10.1 Å². The van der Waals surface area contributed by atoms with Crippen LogP contribution in [-0.4, -0.2) is 24.0 Å². The summed E-state index contributed by atoms with van der Waals surface area (Å²) < 4.78 is 5.85. The highest BCUT2D eigenvalue weighted by Crippen LogP contribution is 2.33. The van der Waals surface area contributed by atoms with E-state index in [4.69, 9.17) is 4.74 Å². The van der Waals surface area contributed by atoms with Crippen molar-refractivity contribution in [2.75, 3.05) is 18.0 Å². The van der Waals surface area contributed by atoms with E-state index in [0.29, 0.717) is 5.69 Å². The summed E-state index contributed by atoms with van der Waals surface area (Å²) in [5.41, 5.74) is 2.34. The quantitative estimate of drug-likeness (QED) is 0.300. The molecule has 3 aromatic carbocycles. The highest BCUT2D eigenvalue weighted by Gasteiger charge is 2.25. The number of nitro benzene ring substituents is 1. The zero-order valence-corrected chi connectivity index (χ0v) is 17.1. The first-order valence-corrected chi connectivity index (χ1v) is 10.5. The van der Waals surface area contributed by atoms with E-state index in [1.807, 2.05) is 65.6 Å².